The van der Waals surface area contributed by atoms with Crippen LogP contribution in [0, 0.1) is 0 Å². The fourth-order valence-electron chi connectivity index (χ4n) is 1.67. The molecule has 0 saturated carbocycles. The van der Waals surface area contributed by atoms with E-state index in [1.807, 2.05) is 6.92 Å². The van der Waals surface area contributed by atoms with Gasteiger partial charge in [-0.1, -0.05) is 6.92 Å². The van der Waals surface area contributed by atoms with Gasteiger partial charge in [0, 0.05) is 12.1 Å². The average molecular weight is 170 g/mol. The van der Waals surface area contributed by atoms with E-state index < -0.39 is 0 Å². The van der Waals surface area contributed by atoms with Gasteiger partial charge in [0.25, 0.3) is 0 Å². The van der Waals surface area contributed by atoms with Crippen LogP contribution < -0.4 is 0 Å². The van der Waals surface area contributed by atoms with Gasteiger partial charge in [-0.05, 0) is 34.1 Å². The molecule has 1 atom stereocenters. The number of nitrogens with zero attached hydrogens (tertiary/aromatic N) is 1. The Morgan fingerprint density at radius 2 is 1.58 bits per heavy atom. The van der Waals surface area contributed by atoms with E-state index in [1.165, 1.54) is 0 Å². The summed E-state index contributed by atoms with van der Waals surface area (Å²) in [5.74, 6) is 0. The Kier molecular flexibility index (Phi) is 5.14. The molecule has 12 heavy (non-hydrogen) atoms. The molecule has 0 aliphatic carbocycles. The minimum Gasteiger partial charge on any atom is -0.289 e. The van der Waals surface area contributed by atoms with Crippen molar-refractivity contribution in [2.75, 3.05) is 0 Å². The molecular formula is C10H20NO. The molecule has 0 fully saturated rings. The third kappa shape index (κ3) is 2.94. The molecule has 0 bridgehead atoms. The highest BCUT2D eigenvalue weighted by molar-refractivity contribution is 5.58. The van der Waals surface area contributed by atoms with Crippen LogP contribution in [-0.2, 0) is 4.79 Å². The summed E-state index contributed by atoms with van der Waals surface area (Å²) in [6.07, 6.45) is 2.94. The molecule has 0 N–H and O–H groups in total. The zero-order chi connectivity index (χ0) is 9.72. The van der Waals surface area contributed by atoms with Crippen molar-refractivity contribution in [1.29, 1.82) is 0 Å². The quantitative estimate of drug-likeness (QED) is 0.629. The lowest BCUT2D eigenvalue weighted by atomic mass is 10.1. The summed E-state index contributed by atoms with van der Waals surface area (Å²) in [6.45, 7) is 10.5. The maximum Gasteiger partial charge on any atom is 0.217 e. The second-order valence-corrected chi connectivity index (χ2v) is 3.68. The van der Waals surface area contributed by atoms with E-state index in [0.717, 1.165) is 6.42 Å². The SMILES string of the molecule is CCC([C]=O)N(C(C)C)C(C)C. The molecule has 0 aromatic carbocycles. The third-order valence-corrected chi connectivity index (χ3v) is 2.08. The van der Waals surface area contributed by atoms with Gasteiger partial charge in [-0.25, -0.2) is 0 Å². The van der Waals surface area contributed by atoms with Crippen molar-refractivity contribution < 1.29 is 4.79 Å². The summed E-state index contributed by atoms with van der Waals surface area (Å²) in [6, 6.07) is 0.790. The van der Waals surface area contributed by atoms with Crippen molar-refractivity contribution in [3.8, 4) is 0 Å². The second-order valence-electron chi connectivity index (χ2n) is 3.68. The van der Waals surface area contributed by atoms with Crippen LogP contribution in [0.3, 0.4) is 0 Å². The summed E-state index contributed by atoms with van der Waals surface area (Å²) in [5.41, 5.74) is 0. The van der Waals surface area contributed by atoms with Crippen LogP contribution in [0.25, 0.3) is 0 Å². The summed E-state index contributed by atoms with van der Waals surface area (Å²) in [7, 11) is 0. The van der Waals surface area contributed by atoms with Gasteiger partial charge in [-0.2, -0.15) is 0 Å². The van der Waals surface area contributed by atoms with Crippen molar-refractivity contribution >= 4 is 6.29 Å². The van der Waals surface area contributed by atoms with E-state index in [-0.39, 0.29) is 6.04 Å². The minimum absolute atomic E-state index is 0.0370. The third-order valence-electron chi connectivity index (χ3n) is 2.08. The monoisotopic (exact) mass is 170 g/mol. The molecule has 2 heteroatoms. The standard InChI is InChI=1S/C10H20NO/c1-6-10(7-12)11(8(2)3)9(4)5/h8-10H,6H2,1-5H3. The van der Waals surface area contributed by atoms with E-state index >= 15 is 0 Å². The highest BCUT2D eigenvalue weighted by Gasteiger charge is 2.22. The second kappa shape index (κ2) is 5.31. The molecule has 0 amide bonds. The lowest BCUT2D eigenvalue weighted by Gasteiger charge is -2.34. The highest BCUT2D eigenvalue weighted by Crippen LogP contribution is 2.11. The normalized spacial score (nSPS) is 14.3. The van der Waals surface area contributed by atoms with Crippen LogP contribution in [0.5, 0.6) is 0 Å². The molecule has 71 valence electrons. The maximum absolute atomic E-state index is 10.6. The number of rotatable bonds is 5. The summed E-state index contributed by atoms with van der Waals surface area (Å²) < 4.78 is 0. The van der Waals surface area contributed by atoms with Gasteiger partial charge in [0.2, 0.25) is 6.29 Å². The zero-order valence-corrected chi connectivity index (χ0v) is 8.79. The van der Waals surface area contributed by atoms with Gasteiger partial charge in [-0.3, -0.25) is 9.69 Å². The molecule has 0 spiro atoms. The lowest BCUT2D eigenvalue weighted by molar-refractivity contribution is 0.143. The van der Waals surface area contributed by atoms with Crippen LogP contribution in [0.4, 0.5) is 0 Å². The van der Waals surface area contributed by atoms with Crippen LogP contribution in [0.15, 0.2) is 0 Å². The van der Waals surface area contributed by atoms with Gasteiger partial charge in [0.15, 0.2) is 0 Å². The van der Waals surface area contributed by atoms with E-state index in [0.29, 0.717) is 12.1 Å². The minimum atomic E-state index is -0.0370. The highest BCUT2D eigenvalue weighted by atomic mass is 16.1. The van der Waals surface area contributed by atoms with Crippen LogP contribution in [0.2, 0.25) is 0 Å². The van der Waals surface area contributed by atoms with Crippen molar-refractivity contribution in [2.24, 2.45) is 0 Å². The molecule has 2 nitrogen and oxygen atoms in total. The van der Waals surface area contributed by atoms with Crippen molar-refractivity contribution in [3.05, 3.63) is 0 Å². The van der Waals surface area contributed by atoms with E-state index in [9.17, 15) is 4.79 Å². The topological polar surface area (TPSA) is 20.3 Å². The first-order chi connectivity index (χ1) is 5.54. The Balaban J connectivity index is 4.36. The summed E-state index contributed by atoms with van der Waals surface area (Å²) in [4.78, 5) is 12.8. The first-order valence-electron chi connectivity index (χ1n) is 4.69. The summed E-state index contributed by atoms with van der Waals surface area (Å²) in [5, 5.41) is 0. The smallest absolute Gasteiger partial charge is 0.217 e. The Morgan fingerprint density at radius 3 is 1.67 bits per heavy atom. The maximum atomic E-state index is 10.6. The first kappa shape index (κ1) is 11.6. The van der Waals surface area contributed by atoms with Gasteiger partial charge in [-0.15, -0.1) is 0 Å². The summed E-state index contributed by atoms with van der Waals surface area (Å²) >= 11 is 0. The van der Waals surface area contributed by atoms with Gasteiger partial charge >= 0.3 is 0 Å². The van der Waals surface area contributed by atoms with Crippen molar-refractivity contribution in [3.63, 3.8) is 0 Å². The molecule has 0 aliphatic heterocycles. The number of carbonyl (C=O) groups excluding carboxylic acids is 1. The molecule has 0 aromatic heterocycles. The molecule has 1 unspecified atom stereocenters. The van der Waals surface area contributed by atoms with Gasteiger partial charge in [0.05, 0.1) is 6.04 Å². The molecule has 0 aliphatic rings. The first-order valence-corrected chi connectivity index (χ1v) is 4.69. The Labute approximate surface area is 75.9 Å². The molecule has 0 heterocycles. The van der Waals surface area contributed by atoms with E-state index in [1.54, 1.807) is 0 Å². The fourth-order valence-corrected chi connectivity index (χ4v) is 1.67. The van der Waals surface area contributed by atoms with E-state index in [4.69, 9.17) is 0 Å². The predicted molar refractivity (Wildman–Crippen MR) is 51.9 cm³/mol. The fraction of sp³-hybridized carbons (Fsp3) is 0.900. The van der Waals surface area contributed by atoms with Crippen LogP contribution >= 0.6 is 0 Å². The molecule has 1 radical (unpaired) electrons. The predicted octanol–water partition coefficient (Wildman–Crippen LogP) is 1.99. The molecule has 0 rings (SSSR count). The van der Waals surface area contributed by atoms with Gasteiger partial charge < -0.3 is 0 Å². The Hall–Kier alpha value is -0.370. The van der Waals surface area contributed by atoms with E-state index in [2.05, 4.69) is 38.9 Å². The van der Waals surface area contributed by atoms with Crippen molar-refractivity contribution in [2.45, 2.75) is 59.2 Å². The molecule has 0 aromatic rings. The van der Waals surface area contributed by atoms with Gasteiger partial charge in [0.1, 0.15) is 0 Å². The lowest BCUT2D eigenvalue weighted by Crippen LogP contribution is -2.45. The average Bonchev–Trinajstić information content (AvgIpc) is 1.98. The molecule has 0 saturated heterocycles. The number of hydrogen-bond acceptors (Lipinski definition) is 2. The number of hydrogen-bond donors (Lipinski definition) is 0. The Morgan fingerprint density at radius 1 is 1.17 bits per heavy atom. The Bertz CT molecular complexity index is 124. The van der Waals surface area contributed by atoms with Crippen LogP contribution in [0.1, 0.15) is 41.0 Å². The zero-order valence-electron chi connectivity index (χ0n) is 8.79. The largest absolute Gasteiger partial charge is 0.289 e. The van der Waals surface area contributed by atoms with Crippen molar-refractivity contribution in [1.82, 2.24) is 4.90 Å². The van der Waals surface area contributed by atoms with Crippen LogP contribution in [-0.4, -0.2) is 29.3 Å². The molecular weight excluding hydrogens is 150 g/mol.